The molecule has 0 aliphatic carbocycles. The first-order valence-corrected chi connectivity index (χ1v) is 4.06. The van der Waals surface area contributed by atoms with E-state index in [4.69, 9.17) is 9.47 Å². The molecule has 1 heterocycles. The summed E-state index contributed by atoms with van der Waals surface area (Å²) in [7, 11) is 0. The molecule has 64 valence electrons. The Morgan fingerprint density at radius 2 is 2.00 bits per heavy atom. The minimum atomic E-state index is -0.0382. The zero-order valence-corrected chi connectivity index (χ0v) is 7.30. The fraction of sp³-hybridized carbons (Fsp3) is 0.778. The third kappa shape index (κ3) is 3.04. The standard InChI is InChI=1S/C9H16O2/c1-7(2)4-9-10-5-8(3)6-11-9/h8-9H,1,4-6H2,2-3H3. The van der Waals surface area contributed by atoms with Gasteiger partial charge in [0.1, 0.15) is 0 Å². The Bertz CT molecular complexity index is 134. The van der Waals surface area contributed by atoms with Crippen LogP contribution in [0.2, 0.25) is 0 Å². The number of ether oxygens (including phenoxy) is 2. The maximum Gasteiger partial charge on any atom is 0.161 e. The lowest BCUT2D eigenvalue weighted by Crippen LogP contribution is -2.30. The molecule has 0 aromatic carbocycles. The average molecular weight is 156 g/mol. The van der Waals surface area contributed by atoms with Gasteiger partial charge in [-0.15, -0.1) is 0 Å². The van der Waals surface area contributed by atoms with Crippen molar-refractivity contribution in [2.24, 2.45) is 5.92 Å². The molecule has 0 unspecified atom stereocenters. The first-order chi connectivity index (χ1) is 5.18. The summed E-state index contributed by atoms with van der Waals surface area (Å²) in [5.41, 5.74) is 1.12. The van der Waals surface area contributed by atoms with Crippen LogP contribution in [-0.2, 0) is 9.47 Å². The lowest BCUT2D eigenvalue weighted by atomic mass is 10.2. The van der Waals surface area contributed by atoms with Gasteiger partial charge >= 0.3 is 0 Å². The molecule has 0 atom stereocenters. The summed E-state index contributed by atoms with van der Waals surface area (Å²) in [6.07, 6.45) is 0.788. The van der Waals surface area contributed by atoms with Crippen LogP contribution in [0.3, 0.4) is 0 Å². The predicted molar refractivity (Wildman–Crippen MR) is 44.3 cm³/mol. The molecule has 0 spiro atoms. The molecule has 0 aromatic rings. The molecule has 1 aliphatic rings. The summed E-state index contributed by atoms with van der Waals surface area (Å²) in [5.74, 6) is 0.538. The summed E-state index contributed by atoms with van der Waals surface area (Å²) < 4.78 is 10.8. The minimum absolute atomic E-state index is 0.0382. The van der Waals surface area contributed by atoms with Gasteiger partial charge in [0.25, 0.3) is 0 Å². The lowest BCUT2D eigenvalue weighted by Gasteiger charge is -2.27. The Morgan fingerprint density at radius 3 is 2.45 bits per heavy atom. The van der Waals surface area contributed by atoms with E-state index in [1.807, 2.05) is 6.92 Å². The molecule has 2 heteroatoms. The summed E-state index contributed by atoms with van der Waals surface area (Å²) >= 11 is 0. The molecule has 0 bridgehead atoms. The smallest absolute Gasteiger partial charge is 0.161 e. The van der Waals surface area contributed by atoms with Crippen LogP contribution in [0.15, 0.2) is 12.2 Å². The Kier molecular flexibility index (Phi) is 3.09. The van der Waals surface area contributed by atoms with Gasteiger partial charge in [0.2, 0.25) is 0 Å². The highest BCUT2D eigenvalue weighted by atomic mass is 16.7. The molecule has 1 saturated heterocycles. The molecule has 2 nitrogen and oxygen atoms in total. The zero-order chi connectivity index (χ0) is 8.27. The van der Waals surface area contributed by atoms with Crippen LogP contribution in [0.25, 0.3) is 0 Å². The van der Waals surface area contributed by atoms with Gasteiger partial charge < -0.3 is 9.47 Å². The van der Waals surface area contributed by atoms with Gasteiger partial charge in [-0.2, -0.15) is 0 Å². The van der Waals surface area contributed by atoms with Crippen molar-refractivity contribution in [3.63, 3.8) is 0 Å². The van der Waals surface area contributed by atoms with Crippen molar-refractivity contribution >= 4 is 0 Å². The van der Waals surface area contributed by atoms with Crippen LogP contribution in [0.5, 0.6) is 0 Å². The second-order valence-electron chi connectivity index (χ2n) is 3.36. The van der Waals surface area contributed by atoms with Gasteiger partial charge in [-0.25, -0.2) is 0 Å². The normalized spacial score (nSPS) is 31.8. The van der Waals surface area contributed by atoms with Crippen molar-refractivity contribution in [1.29, 1.82) is 0 Å². The van der Waals surface area contributed by atoms with E-state index in [9.17, 15) is 0 Å². The van der Waals surface area contributed by atoms with Crippen LogP contribution in [0.4, 0.5) is 0 Å². The van der Waals surface area contributed by atoms with E-state index < -0.39 is 0 Å². The zero-order valence-electron chi connectivity index (χ0n) is 7.30. The predicted octanol–water partition coefficient (Wildman–Crippen LogP) is 1.96. The van der Waals surface area contributed by atoms with Gasteiger partial charge in [-0.3, -0.25) is 0 Å². The fourth-order valence-corrected chi connectivity index (χ4v) is 1.04. The van der Waals surface area contributed by atoms with E-state index in [2.05, 4.69) is 13.5 Å². The molecule has 1 fully saturated rings. The summed E-state index contributed by atoms with van der Waals surface area (Å²) in [4.78, 5) is 0. The largest absolute Gasteiger partial charge is 0.352 e. The molecule has 0 aromatic heterocycles. The lowest BCUT2D eigenvalue weighted by molar-refractivity contribution is -0.195. The van der Waals surface area contributed by atoms with E-state index in [-0.39, 0.29) is 6.29 Å². The second-order valence-corrected chi connectivity index (χ2v) is 3.36. The highest BCUT2D eigenvalue weighted by molar-refractivity contribution is 4.89. The molecule has 0 saturated carbocycles. The topological polar surface area (TPSA) is 18.5 Å². The maximum absolute atomic E-state index is 5.42. The van der Waals surface area contributed by atoms with E-state index in [0.717, 1.165) is 25.2 Å². The highest BCUT2D eigenvalue weighted by Crippen LogP contribution is 2.15. The fourth-order valence-electron chi connectivity index (χ4n) is 1.04. The third-order valence-electron chi connectivity index (χ3n) is 1.65. The molecule has 0 amide bonds. The number of hydrogen-bond acceptors (Lipinski definition) is 2. The van der Waals surface area contributed by atoms with Crippen molar-refractivity contribution in [2.45, 2.75) is 26.6 Å². The van der Waals surface area contributed by atoms with Crippen molar-refractivity contribution in [3.05, 3.63) is 12.2 Å². The molecule has 1 rings (SSSR count). The molecular formula is C9H16O2. The number of rotatable bonds is 2. The molecule has 0 N–H and O–H groups in total. The van der Waals surface area contributed by atoms with Crippen molar-refractivity contribution in [3.8, 4) is 0 Å². The monoisotopic (exact) mass is 156 g/mol. The Morgan fingerprint density at radius 1 is 1.45 bits per heavy atom. The molecule has 0 radical (unpaired) electrons. The highest BCUT2D eigenvalue weighted by Gasteiger charge is 2.18. The van der Waals surface area contributed by atoms with Gasteiger partial charge in [-0.05, 0) is 6.92 Å². The van der Waals surface area contributed by atoms with Crippen molar-refractivity contribution in [1.82, 2.24) is 0 Å². The summed E-state index contributed by atoms with van der Waals surface area (Å²) in [6.45, 7) is 9.56. The molecule has 11 heavy (non-hydrogen) atoms. The van der Waals surface area contributed by atoms with E-state index >= 15 is 0 Å². The quantitative estimate of drug-likeness (QED) is 0.569. The summed E-state index contributed by atoms with van der Waals surface area (Å²) in [6, 6.07) is 0. The first-order valence-electron chi connectivity index (χ1n) is 4.06. The summed E-state index contributed by atoms with van der Waals surface area (Å²) in [5, 5.41) is 0. The third-order valence-corrected chi connectivity index (χ3v) is 1.65. The maximum atomic E-state index is 5.42. The van der Waals surface area contributed by atoms with Crippen molar-refractivity contribution < 1.29 is 9.47 Å². The van der Waals surface area contributed by atoms with Gasteiger partial charge in [0.15, 0.2) is 6.29 Å². The molecule has 1 aliphatic heterocycles. The van der Waals surface area contributed by atoms with Crippen LogP contribution >= 0.6 is 0 Å². The Labute approximate surface area is 68.2 Å². The average Bonchev–Trinajstić information content (AvgIpc) is 1.93. The van der Waals surface area contributed by atoms with Crippen LogP contribution in [-0.4, -0.2) is 19.5 Å². The van der Waals surface area contributed by atoms with E-state index in [1.165, 1.54) is 0 Å². The SMILES string of the molecule is C=C(C)CC1OCC(C)CO1. The van der Waals surface area contributed by atoms with Crippen LogP contribution in [0, 0.1) is 5.92 Å². The van der Waals surface area contributed by atoms with E-state index in [1.54, 1.807) is 0 Å². The van der Waals surface area contributed by atoms with Gasteiger partial charge in [0, 0.05) is 12.3 Å². The van der Waals surface area contributed by atoms with Gasteiger partial charge in [0.05, 0.1) is 13.2 Å². The van der Waals surface area contributed by atoms with Crippen LogP contribution < -0.4 is 0 Å². The van der Waals surface area contributed by atoms with Gasteiger partial charge in [-0.1, -0.05) is 19.1 Å². The Hall–Kier alpha value is -0.340. The number of hydrogen-bond donors (Lipinski definition) is 0. The van der Waals surface area contributed by atoms with Crippen molar-refractivity contribution in [2.75, 3.05) is 13.2 Å². The first kappa shape index (κ1) is 8.75. The second kappa shape index (κ2) is 3.88. The minimum Gasteiger partial charge on any atom is -0.352 e. The van der Waals surface area contributed by atoms with Crippen LogP contribution in [0.1, 0.15) is 20.3 Å². The van der Waals surface area contributed by atoms with E-state index in [0.29, 0.717) is 5.92 Å². The molecular weight excluding hydrogens is 140 g/mol. The Balaban J connectivity index is 2.22.